The maximum atomic E-state index is 11.4. The highest BCUT2D eigenvalue weighted by Gasteiger charge is 2.24. The molecule has 0 aromatic rings. The maximum absolute atomic E-state index is 11.4. The molecule has 1 fully saturated rings. The lowest BCUT2D eigenvalue weighted by molar-refractivity contribution is -0.141. The molecule has 4 N–H and O–H groups in total. The zero-order valence-electron chi connectivity index (χ0n) is 10.7. The molecule has 2 atom stereocenters. The van der Waals surface area contributed by atoms with Crippen molar-refractivity contribution in [3.05, 3.63) is 0 Å². The highest BCUT2D eigenvalue weighted by atomic mass is 16.4. The molecule has 1 rings (SSSR count). The lowest BCUT2D eigenvalue weighted by Crippen LogP contribution is -2.51. The molecule has 0 aliphatic heterocycles. The van der Waals surface area contributed by atoms with Gasteiger partial charge in [0, 0.05) is 6.54 Å². The number of amides is 2. The zero-order chi connectivity index (χ0) is 13.5. The summed E-state index contributed by atoms with van der Waals surface area (Å²) in [6.45, 7) is 1.88. The van der Waals surface area contributed by atoms with Gasteiger partial charge in [-0.25, -0.2) is 9.59 Å². The number of hydrogen-bond acceptors (Lipinski definition) is 3. The van der Waals surface area contributed by atoms with Gasteiger partial charge in [0.15, 0.2) is 6.04 Å². The third kappa shape index (κ3) is 4.91. The topological polar surface area (TPSA) is 98.7 Å². The lowest BCUT2D eigenvalue weighted by Gasteiger charge is -2.17. The summed E-state index contributed by atoms with van der Waals surface area (Å²) in [6, 6.07) is -1.81. The molecule has 18 heavy (non-hydrogen) atoms. The van der Waals surface area contributed by atoms with E-state index in [9.17, 15) is 14.7 Å². The van der Waals surface area contributed by atoms with E-state index >= 15 is 0 Å². The molecule has 6 heteroatoms. The summed E-state index contributed by atoms with van der Waals surface area (Å²) < 4.78 is 0. The highest BCUT2D eigenvalue weighted by Crippen LogP contribution is 2.26. The number of carboxylic acid groups (broad SMARTS) is 1. The van der Waals surface area contributed by atoms with E-state index in [0.717, 1.165) is 6.42 Å². The van der Waals surface area contributed by atoms with Crippen molar-refractivity contribution in [3.63, 3.8) is 0 Å². The average Bonchev–Trinajstić information content (AvgIpc) is 2.78. The van der Waals surface area contributed by atoms with Crippen molar-refractivity contribution in [2.75, 3.05) is 6.54 Å². The summed E-state index contributed by atoms with van der Waals surface area (Å²) in [5.74, 6) is -0.562. The molecule has 0 saturated heterocycles. The van der Waals surface area contributed by atoms with E-state index in [-0.39, 0.29) is 0 Å². The van der Waals surface area contributed by atoms with Crippen molar-refractivity contribution < 1.29 is 19.8 Å². The van der Waals surface area contributed by atoms with Gasteiger partial charge in [-0.2, -0.15) is 0 Å². The average molecular weight is 258 g/mol. The number of aliphatic hydroxyl groups is 1. The number of aliphatic carboxylic acids is 1. The number of carbonyl (C=O) groups excluding carboxylic acids is 1. The van der Waals surface area contributed by atoms with Gasteiger partial charge >= 0.3 is 12.0 Å². The molecule has 6 nitrogen and oxygen atoms in total. The first-order valence-electron chi connectivity index (χ1n) is 6.46. The largest absolute Gasteiger partial charge is 0.480 e. The Bertz CT molecular complexity index is 288. The molecule has 0 radical (unpaired) electrons. The van der Waals surface area contributed by atoms with Gasteiger partial charge in [-0.1, -0.05) is 25.7 Å². The molecule has 0 spiro atoms. The van der Waals surface area contributed by atoms with Crippen molar-refractivity contribution in [3.8, 4) is 0 Å². The molecule has 0 aromatic carbocycles. The van der Waals surface area contributed by atoms with Gasteiger partial charge in [0.05, 0.1) is 6.10 Å². The van der Waals surface area contributed by atoms with Crippen LogP contribution in [-0.4, -0.2) is 40.9 Å². The first kappa shape index (κ1) is 14.8. The third-order valence-electron chi connectivity index (χ3n) is 3.35. The third-order valence-corrected chi connectivity index (χ3v) is 3.35. The highest BCUT2D eigenvalue weighted by molar-refractivity contribution is 5.82. The van der Waals surface area contributed by atoms with Crippen LogP contribution >= 0.6 is 0 Å². The van der Waals surface area contributed by atoms with Crippen LogP contribution < -0.4 is 10.6 Å². The van der Waals surface area contributed by atoms with Crippen LogP contribution in [0.2, 0.25) is 0 Å². The van der Waals surface area contributed by atoms with Crippen LogP contribution in [0.3, 0.4) is 0 Å². The smallest absolute Gasteiger partial charge is 0.328 e. The van der Waals surface area contributed by atoms with Crippen molar-refractivity contribution in [1.82, 2.24) is 10.6 Å². The number of carboxylic acids is 1. The van der Waals surface area contributed by atoms with Gasteiger partial charge in [-0.15, -0.1) is 0 Å². The molecule has 2 unspecified atom stereocenters. The molecule has 1 aliphatic carbocycles. The Labute approximate surface area is 107 Å². The Morgan fingerprint density at radius 2 is 1.94 bits per heavy atom. The maximum Gasteiger partial charge on any atom is 0.328 e. The monoisotopic (exact) mass is 258 g/mol. The van der Waals surface area contributed by atoms with E-state index in [1.807, 2.05) is 0 Å². The summed E-state index contributed by atoms with van der Waals surface area (Å²) in [6.07, 6.45) is 4.77. The van der Waals surface area contributed by atoms with Crippen molar-refractivity contribution in [2.24, 2.45) is 5.92 Å². The van der Waals surface area contributed by atoms with Crippen LogP contribution in [0.25, 0.3) is 0 Å². The van der Waals surface area contributed by atoms with Crippen molar-refractivity contribution in [1.29, 1.82) is 0 Å². The van der Waals surface area contributed by atoms with Gasteiger partial charge < -0.3 is 20.8 Å². The summed E-state index contributed by atoms with van der Waals surface area (Å²) in [7, 11) is 0. The fraction of sp³-hybridized carbons (Fsp3) is 0.833. The predicted octanol–water partition coefficient (Wildman–Crippen LogP) is 0.700. The number of hydrogen-bond donors (Lipinski definition) is 4. The van der Waals surface area contributed by atoms with Crippen molar-refractivity contribution >= 4 is 12.0 Å². The molecule has 1 aliphatic rings. The van der Waals surface area contributed by atoms with Crippen LogP contribution in [0.4, 0.5) is 4.79 Å². The molecule has 1 saturated carbocycles. The molecule has 0 bridgehead atoms. The quantitative estimate of drug-likeness (QED) is 0.563. The zero-order valence-corrected chi connectivity index (χ0v) is 10.7. The lowest BCUT2D eigenvalue weighted by atomic mass is 10.0. The predicted molar refractivity (Wildman–Crippen MR) is 66.2 cm³/mol. The minimum absolute atomic E-state index is 0.540. The first-order chi connectivity index (χ1) is 8.50. The van der Waals surface area contributed by atoms with Gasteiger partial charge in [-0.05, 0) is 19.3 Å². The van der Waals surface area contributed by atoms with E-state index in [1.165, 1.54) is 32.6 Å². The second-order valence-corrected chi connectivity index (χ2v) is 4.90. The van der Waals surface area contributed by atoms with E-state index in [4.69, 9.17) is 5.11 Å². The molecule has 104 valence electrons. The van der Waals surface area contributed by atoms with Gasteiger partial charge in [0.1, 0.15) is 0 Å². The SMILES string of the molecule is CC(O)C(NC(=O)NCCC1CCCC1)C(=O)O. The standard InChI is InChI=1S/C12H22N2O4/c1-8(15)10(11(16)17)14-12(18)13-7-6-9-4-2-3-5-9/h8-10,15H,2-7H2,1H3,(H,16,17)(H2,13,14,18). The summed E-state index contributed by atoms with van der Waals surface area (Å²) in [5.41, 5.74) is 0. The van der Waals surface area contributed by atoms with Crippen LogP contribution in [0.5, 0.6) is 0 Å². The number of aliphatic hydroxyl groups excluding tert-OH is 1. The van der Waals surface area contributed by atoms with Crippen molar-refractivity contribution in [2.45, 2.75) is 51.2 Å². The molecular weight excluding hydrogens is 236 g/mol. The summed E-state index contributed by atoms with van der Waals surface area (Å²) >= 11 is 0. The Hall–Kier alpha value is -1.30. The van der Waals surface area contributed by atoms with Crippen LogP contribution in [-0.2, 0) is 4.79 Å². The summed E-state index contributed by atoms with van der Waals surface area (Å²) in [4.78, 5) is 22.2. The van der Waals surface area contributed by atoms with E-state index in [2.05, 4.69) is 10.6 Å². The van der Waals surface area contributed by atoms with Crippen LogP contribution in [0.1, 0.15) is 39.0 Å². The second kappa shape index (κ2) is 7.20. The number of urea groups is 1. The Morgan fingerprint density at radius 3 is 2.44 bits per heavy atom. The fourth-order valence-electron chi connectivity index (χ4n) is 2.27. The number of nitrogens with one attached hydrogen (secondary N) is 2. The van der Waals surface area contributed by atoms with E-state index in [1.54, 1.807) is 0 Å². The minimum atomic E-state index is -1.27. The van der Waals surface area contributed by atoms with Gasteiger partial charge in [-0.3, -0.25) is 0 Å². The van der Waals surface area contributed by atoms with Crippen LogP contribution in [0, 0.1) is 5.92 Å². The first-order valence-corrected chi connectivity index (χ1v) is 6.46. The normalized spacial score (nSPS) is 19.2. The Morgan fingerprint density at radius 1 is 1.33 bits per heavy atom. The summed E-state index contributed by atoms with van der Waals surface area (Å²) in [5, 5.41) is 22.9. The number of rotatable bonds is 6. The molecule has 2 amide bonds. The fourth-order valence-corrected chi connectivity index (χ4v) is 2.27. The van der Waals surface area contributed by atoms with Gasteiger partial charge in [0.2, 0.25) is 0 Å². The van der Waals surface area contributed by atoms with Gasteiger partial charge in [0.25, 0.3) is 0 Å². The Kier molecular flexibility index (Phi) is 5.91. The number of carbonyl (C=O) groups is 2. The molecule has 0 aromatic heterocycles. The molecule has 0 heterocycles. The Balaban J connectivity index is 2.21. The minimum Gasteiger partial charge on any atom is -0.480 e. The van der Waals surface area contributed by atoms with E-state index < -0.39 is 24.1 Å². The molecular formula is C12H22N2O4. The second-order valence-electron chi connectivity index (χ2n) is 4.90. The van der Waals surface area contributed by atoms with Crippen LogP contribution in [0.15, 0.2) is 0 Å². The van der Waals surface area contributed by atoms with E-state index in [0.29, 0.717) is 12.5 Å².